The third-order valence-corrected chi connectivity index (χ3v) is 5.67. The highest BCUT2D eigenvalue weighted by Crippen LogP contribution is 2.45. The Morgan fingerprint density at radius 2 is 1.83 bits per heavy atom. The van der Waals surface area contributed by atoms with Gasteiger partial charge in [-0.3, -0.25) is 9.59 Å². The van der Waals surface area contributed by atoms with E-state index < -0.39 is 11.4 Å². The quantitative estimate of drug-likeness (QED) is 0.873. The lowest BCUT2D eigenvalue weighted by atomic mass is 9.66. The molecule has 2 fully saturated rings. The van der Waals surface area contributed by atoms with E-state index in [1.165, 1.54) is 5.56 Å². The molecule has 2 aliphatic carbocycles. The summed E-state index contributed by atoms with van der Waals surface area (Å²) in [5, 5.41) is 12.6. The van der Waals surface area contributed by atoms with Crippen molar-refractivity contribution in [3.05, 3.63) is 35.4 Å². The van der Waals surface area contributed by atoms with Gasteiger partial charge in [-0.1, -0.05) is 49.1 Å². The lowest BCUT2D eigenvalue weighted by Gasteiger charge is -2.39. The van der Waals surface area contributed by atoms with Crippen molar-refractivity contribution in [3.63, 3.8) is 0 Å². The molecule has 0 bridgehead atoms. The van der Waals surface area contributed by atoms with Crippen LogP contribution >= 0.6 is 0 Å². The lowest BCUT2D eigenvalue weighted by Crippen LogP contribution is -2.48. The molecule has 0 atom stereocenters. The number of carbonyl (C=O) groups is 2. The Morgan fingerprint density at radius 1 is 1.13 bits per heavy atom. The van der Waals surface area contributed by atoms with Gasteiger partial charge in [-0.25, -0.2) is 0 Å². The third-order valence-electron chi connectivity index (χ3n) is 5.67. The van der Waals surface area contributed by atoms with Crippen LogP contribution in [-0.2, 0) is 15.1 Å². The summed E-state index contributed by atoms with van der Waals surface area (Å²) in [7, 11) is 0. The van der Waals surface area contributed by atoms with E-state index in [-0.39, 0.29) is 17.9 Å². The summed E-state index contributed by atoms with van der Waals surface area (Å²) >= 11 is 0. The Morgan fingerprint density at radius 3 is 2.35 bits per heavy atom. The van der Waals surface area contributed by atoms with Crippen molar-refractivity contribution in [2.45, 2.75) is 63.8 Å². The van der Waals surface area contributed by atoms with E-state index in [9.17, 15) is 14.7 Å². The van der Waals surface area contributed by atoms with Crippen LogP contribution in [-0.4, -0.2) is 17.0 Å². The second kappa shape index (κ2) is 5.99. The number of carbonyl (C=O) groups excluding carboxylic acids is 1. The first-order chi connectivity index (χ1) is 11.0. The number of aryl methyl sites for hydroxylation is 1. The molecule has 0 spiro atoms. The van der Waals surface area contributed by atoms with E-state index >= 15 is 0 Å². The van der Waals surface area contributed by atoms with Gasteiger partial charge >= 0.3 is 5.97 Å². The van der Waals surface area contributed by atoms with Crippen molar-refractivity contribution in [1.29, 1.82) is 0 Å². The maximum atomic E-state index is 12.6. The summed E-state index contributed by atoms with van der Waals surface area (Å²) in [6, 6.07) is 8.31. The number of hydrogen-bond donors (Lipinski definition) is 2. The maximum absolute atomic E-state index is 12.6. The number of rotatable bonds is 5. The average Bonchev–Trinajstić information content (AvgIpc) is 2.92. The normalized spacial score (nSPS) is 21.4. The van der Waals surface area contributed by atoms with Crippen molar-refractivity contribution in [3.8, 4) is 0 Å². The molecule has 0 heterocycles. The SMILES string of the molecule is Cc1cccc(C2(NC(=O)CC3(C(=O)O)CCC3)CCCC2)c1. The van der Waals surface area contributed by atoms with Crippen molar-refractivity contribution < 1.29 is 14.7 Å². The second-order valence-electron chi connectivity index (χ2n) is 7.32. The van der Waals surface area contributed by atoms with Gasteiger partial charge in [0.2, 0.25) is 5.91 Å². The Labute approximate surface area is 137 Å². The predicted molar refractivity (Wildman–Crippen MR) is 88.0 cm³/mol. The molecule has 1 aromatic rings. The van der Waals surface area contributed by atoms with Gasteiger partial charge in [-0.05, 0) is 38.2 Å². The number of nitrogens with one attached hydrogen (secondary N) is 1. The molecular weight excluding hydrogens is 290 g/mol. The summed E-state index contributed by atoms with van der Waals surface area (Å²) in [5.74, 6) is -0.939. The first-order valence-electron chi connectivity index (χ1n) is 8.57. The van der Waals surface area contributed by atoms with Crippen LogP contribution in [0.2, 0.25) is 0 Å². The molecule has 0 aromatic heterocycles. The Kier molecular flexibility index (Phi) is 4.17. The van der Waals surface area contributed by atoms with E-state index in [1.54, 1.807) is 0 Å². The monoisotopic (exact) mass is 315 g/mol. The zero-order chi connectivity index (χ0) is 16.5. The molecule has 2 N–H and O–H groups in total. The molecule has 4 heteroatoms. The molecule has 3 rings (SSSR count). The fraction of sp³-hybridized carbons (Fsp3) is 0.579. The summed E-state index contributed by atoms with van der Waals surface area (Å²) in [6.45, 7) is 2.06. The zero-order valence-electron chi connectivity index (χ0n) is 13.7. The molecular formula is C19H25NO3. The Hall–Kier alpha value is -1.84. The number of benzene rings is 1. The number of carboxylic acids is 1. The summed E-state index contributed by atoms with van der Waals surface area (Å²) in [5.41, 5.74) is 1.20. The van der Waals surface area contributed by atoms with Crippen molar-refractivity contribution in [2.24, 2.45) is 5.41 Å². The van der Waals surface area contributed by atoms with Crippen LogP contribution < -0.4 is 5.32 Å². The minimum Gasteiger partial charge on any atom is -0.481 e. The average molecular weight is 315 g/mol. The topological polar surface area (TPSA) is 66.4 Å². The minimum atomic E-state index is -0.824. The zero-order valence-corrected chi connectivity index (χ0v) is 13.7. The first-order valence-corrected chi connectivity index (χ1v) is 8.57. The molecule has 0 saturated heterocycles. The number of hydrogen-bond acceptors (Lipinski definition) is 2. The molecule has 2 aliphatic rings. The third kappa shape index (κ3) is 2.99. The molecule has 0 unspecified atom stereocenters. The van der Waals surface area contributed by atoms with E-state index in [2.05, 4.69) is 30.4 Å². The second-order valence-corrected chi connectivity index (χ2v) is 7.32. The van der Waals surface area contributed by atoms with Gasteiger partial charge in [0.1, 0.15) is 0 Å². The predicted octanol–water partition coefficient (Wildman–Crippen LogP) is 3.53. The molecule has 1 amide bonds. The van der Waals surface area contributed by atoms with Crippen LogP contribution in [0.5, 0.6) is 0 Å². The Balaban J connectivity index is 1.77. The highest BCUT2D eigenvalue weighted by Gasteiger charge is 2.47. The molecule has 1 aromatic carbocycles. The van der Waals surface area contributed by atoms with Gasteiger partial charge in [-0.15, -0.1) is 0 Å². The van der Waals surface area contributed by atoms with Crippen molar-refractivity contribution >= 4 is 11.9 Å². The molecule has 23 heavy (non-hydrogen) atoms. The van der Waals surface area contributed by atoms with E-state index in [0.717, 1.165) is 37.7 Å². The van der Waals surface area contributed by atoms with Gasteiger partial charge in [0.25, 0.3) is 0 Å². The van der Waals surface area contributed by atoms with Gasteiger partial charge in [-0.2, -0.15) is 0 Å². The highest BCUT2D eigenvalue weighted by atomic mass is 16.4. The maximum Gasteiger partial charge on any atom is 0.310 e. The Bertz CT molecular complexity index is 613. The number of aliphatic carboxylic acids is 1. The minimum absolute atomic E-state index is 0.107. The van der Waals surface area contributed by atoms with E-state index in [1.807, 2.05) is 6.07 Å². The summed E-state index contributed by atoms with van der Waals surface area (Å²) < 4.78 is 0. The van der Waals surface area contributed by atoms with E-state index in [0.29, 0.717) is 12.8 Å². The van der Waals surface area contributed by atoms with Crippen LogP contribution in [0.4, 0.5) is 0 Å². The lowest BCUT2D eigenvalue weighted by molar-refractivity contribution is -0.158. The smallest absolute Gasteiger partial charge is 0.310 e. The van der Waals surface area contributed by atoms with Crippen LogP contribution in [0.15, 0.2) is 24.3 Å². The molecule has 4 nitrogen and oxygen atoms in total. The van der Waals surface area contributed by atoms with Gasteiger partial charge in [0.05, 0.1) is 11.0 Å². The van der Waals surface area contributed by atoms with Gasteiger partial charge in [0.15, 0.2) is 0 Å². The fourth-order valence-electron chi connectivity index (χ4n) is 4.10. The summed E-state index contributed by atoms with van der Waals surface area (Å²) in [6.07, 6.45) is 6.31. The van der Waals surface area contributed by atoms with Crippen LogP contribution in [0.1, 0.15) is 62.5 Å². The summed E-state index contributed by atoms with van der Waals surface area (Å²) in [4.78, 5) is 24.1. The standard InChI is InChI=1S/C19H25NO3/c1-14-6-4-7-15(12-14)19(10-2-3-11-19)20-16(21)13-18(17(22)23)8-5-9-18/h4,6-7,12H,2-3,5,8-11,13H2,1H3,(H,20,21)(H,22,23). The molecule has 0 aliphatic heterocycles. The van der Waals surface area contributed by atoms with Gasteiger partial charge < -0.3 is 10.4 Å². The van der Waals surface area contributed by atoms with Crippen molar-refractivity contribution in [2.75, 3.05) is 0 Å². The van der Waals surface area contributed by atoms with Crippen LogP contribution in [0, 0.1) is 12.3 Å². The first kappa shape index (κ1) is 16.0. The fourth-order valence-corrected chi connectivity index (χ4v) is 4.10. The largest absolute Gasteiger partial charge is 0.481 e. The van der Waals surface area contributed by atoms with Gasteiger partial charge in [0, 0.05) is 6.42 Å². The van der Waals surface area contributed by atoms with Crippen molar-refractivity contribution in [1.82, 2.24) is 5.32 Å². The molecule has 2 saturated carbocycles. The van der Waals surface area contributed by atoms with Crippen LogP contribution in [0.3, 0.4) is 0 Å². The number of amides is 1. The van der Waals surface area contributed by atoms with Crippen LogP contribution in [0.25, 0.3) is 0 Å². The molecule has 0 radical (unpaired) electrons. The van der Waals surface area contributed by atoms with E-state index in [4.69, 9.17) is 0 Å². The highest BCUT2D eigenvalue weighted by molar-refractivity contribution is 5.86. The molecule has 124 valence electrons. The number of carboxylic acid groups (broad SMARTS) is 1.